The number of rotatable bonds is 3. The molecule has 0 spiro atoms. The molecule has 86 valence electrons. The third kappa shape index (κ3) is 2.76. The molecule has 0 bridgehead atoms. The molecule has 2 aromatic rings. The Balaban J connectivity index is 2.09. The van der Waals surface area contributed by atoms with E-state index in [2.05, 4.69) is 20.7 Å². The van der Waals surface area contributed by atoms with E-state index in [4.69, 9.17) is 5.84 Å². The summed E-state index contributed by atoms with van der Waals surface area (Å²) in [6, 6.07) is 6.76. The second-order valence-electron chi connectivity index (χ2n) is 3.27. The fraction of sp³-hybridized carbons (Fsp3) is 0. The van der Waals surface area contributed by atoms with E-state index >= 15 is 0 Å². The number of carbonyl (C=O) groups is 1. The van der Waals surface area contributed by atoms with Gasteiger partial charge in [-0.05, 0) is 24.3 Å². The van der Waals surface area contributed by atoms with Gasteiger partial charge in [-0.3, -0.25) is 9.78 Å². The molecule has 2 aromatic heterocycles. The average Bonchev–Trinajstić information content (AvgIpc) is 2.40. The summed E-state index contributed by atoms with van der Waals surface area (Å²) in [5.41, 5.74) is 3.48. The molecule has 0 aliphatic rings. The summed E-state index contributed by atoms with van der Waals surface area (Å²) in [7, 11) is 0. The minimum Gasteiger partial charge on any atom is -0.321 e. The van der Waals surface area contributed by atoms with Crippen LogP contribution in [0.15, 0.2) is 42.9 Å². The zero-order chi connectivity index (χ0) is 12.1. The number of nitrogens with one attached hydrogen (secondary N) is 2. The average molecular weight is 229 g/mol. The normalized spacial score (nSPS) is 9.71. The summed E-state index contributed by atoms with van der Waals surface area (Å²) < 4.78 is 0. The smallest absolute Gasteiger partial charge is 0.257 e. The maximum absolute atomic E-state index is 11.8. The molecular formula is C11H11N5O. The van der Waals surface area contributed by atoms with E-state index in [1.54, 1.807) is 36.7 Å². The van der Waals surface area contributed by atoms with Crippen molar-refractivity contribution in [3.63, 3.8) is 0 Å². The van der Waals surface area contributed by atoms with Crippen molar-refractivity contribution in [2.24, 2.45) is 5.84 Å². The number of aromatic nitrogens is 2. The number of hydrogen-bond donors (Lipinski definition) is 3. The molecule has 6 nitrogen and oxygen atoms in total. The van der Waals surface area contributed by atoms with E-state index in [1.165, 1.54) is 6.20 Å². The van der Waals surface area contributed by atoms with Crippen molar-refractivity contribution in [3.8, 4) is 0 Å². The Morgan fingerprint density at radius 3 is 2.71 bits per heavy atom. The molecule has 0 unspecified atom stereocenters. The van der Waals surface area contributed by atoms with Crippen molar-refractivity contribution in [1.29, 1.82) is 0 Å². The first-order valence-corrected chi connectivity index (χ1v) is 4.93. The van der Waals surface area contributed by atoms with Crippen molar-refractivity contribution < 1.29 is 4.79 Å². The highest BCUT2D eigenvalue weighted by Gasteiger charge is 2.06. The topological polar surface area (TPSA) is 92.9 Å². The largest absolute Gasteiger partial charge is 0.321 e. The summed E-state index contributed by atoms with van der Waals surface area (Å²) >= 11 is 0. The standard InChI is InChI=1S/C11H11N5O/c12-16-10-4-3-8(6-14-10)11(17)15-9-2-1-5-13-7-9/h1-7H,12H2,(H,14,16)(H,15,17). The van der Waals surface area contributed by atoms with Gasteiger partial charge in [0.15, 0.2) is 0 Å². The van der Waals surface area contributed by atoms with Crippen LogP contribution in [-0.4, -0.2) is 15.9 Å². The number of nitrogens with zero attached hydrogens (tertiary/aromatic N) is 2. The van der Waals surface area contributed by atoms with Crippen molar-refractivity contribution in [1.82, 2.24) is 9.97 Å². The molecule has 0 saturated carbocycles. The van der Waals surface area contributed by atoms with Crippen LogP contribution < -0.4 is 16.6 Å². The van der Waals surface area contributed by atoms with Gasteiger partial charge in [0.1, 0.15) is 5.82 Å². The summed E-state index contributed by atoms with van der Waals surface area (Å²) in [4.78, 5) is 19.6. The van der Waals surface area contributed by atoms with Crippen LogP contribution in [0.1, 0.15) is 10.4 Å². The first kappa shape index (κ1) is 11.0. The monoisotopic (exact) mass is 229 g/mol. The van der Waals surface area contributed by atoms with Crippen LogP contribution in [0.25, 0.3) is 0 Å². The van der Waals surface area contributed by atoms with Crippen molar-refractivity contribution in [2.45, 2.75) is 0 Å². The van der Waals surface area contributed by atoms with Gasteiger partial charge < -0.3 is 10.7 Å². The van der Waals surface area contributed by atoms with Gasteiger partial charge in [0.05, 0.1) is 17.4 Å². The van der Waals surface area contributed by atoms with Gasteiger partial charge in [-0.2, -0.15) is 0 Å². The molecule has 0 radical (unpaired) electrons. The summed E-state index contributed by atoms with van der Waals surface area (Å²) in [6.07, 6.45) is 4.65. The highest BCUT2D eigenvalue weighted by atomic mass is 16.1. The number of anilines is 2. The Hall–Kier alpha value is -2.47. The molecule has 0 fully saturated rings. The molecule has 0 aromatic carbocycles. The van der Waals surface area contributed by atoms with Crippen molar-refractivity contribution >= 4 is 17.4 Å². The quantitative estimate of drug-likeness (QED) is 0.539. The molecule has 6 heteroatoms. The molecule has 0 aliphatic carbocycles. The highest BCUT2D eigenvalue weighted by molar-refractivity contribution is 6.04. The number of hydrazine groups is 1. The molecule has 0 saturated heterocycles. The highest BCUT2D eigenvalue weighted by Crippen LogP contribution is 2.08. The van der Waals surface area contributed by atoms with Crippen molar-refractivity contribution in [3.05, 3.63) is 48.4 Å². The first-order valence-electron chi connectivity index (χ1n) is 4.93. The van der Waals surface area contributed by atoms with Gasteiger partial charge in [-0.1, -0.05) is 0 Å². The van der Waals surface area contributed by atoms with Gasteiger partial charge in [-0.25, -0.2) is 10.8 Å². The molecule has 17 heavy (non-hydrogen) atoms. The van der Waals surface area contributed by atoms with E-state index in [0.29, 0.717) is 17.1 Å². The van der Waals surface area contributed by atoms with Gasteiger partial charge >= 0.3 is 0 Å². The number of carbonyl (C=O) groups excluding carboxylic acids is 1. The van der Waals surface area contributed by atoms with Crippen molar-refractivity contribution in [2.75, 3.05) is 10.7 Å². The third-order valence-electron chi connectivity index (χ3n) is 2.09. The Labute approximate surface area is 97.9 Å². The lowest BCUT2D eigenvalue weighted by molar-refractivity contribution is 0.102. The maximum Gasteiger partial charge on any atom is 0.257 e. The van der Waals surface area contributed by atoms with Crippen LogP contribution in [0.3, 0.4) is 0 Å². The number of nitrogens with two attached hydrogens (primary N) is 1. The molecule has 2 rings (SSSR count). The molecule has 1 amide bonds. The fourth-order valence-electron chi connectivity index (χ4n) is 1.25. The molecule has 0 aliphatic heterocycles. The lowest BCUT2D eigenvalue weighted by Gasteiger charge is -2.04. The van der Waals surface area contributed by atoms with Gasteiger partial charge in [0.25, 0.3) is 5.91 Å². The summed E-state index contributed by atoms with van der Waals surface area (Å²) in [5.74, 6) is 5.44. The predicted molar refractivity (Wildman–Crippen MR) is 64.2 cm³/mol. The zero-order valence-corrected chi connectivity index (χ0v) is 8.92. The lowest BCUT2D eigenvalue weighted by Crippen LogP contribution is -2.13. The van der Waals surface area contributed by atoms with Crippen LogP contribution in [-0.2, 0) is 0 Å². The van der Waals surface area contributed by atoms with Crippen LogP contribution in [0, 0.1) is 0 Å². The third-order valence-corrected chi connectivity index (χ3v) is 2.09. The number of hydrogen-bond acceptors (Lipinski definition) is 5. The number of amides is 1. The van der Waals surface area contributed by atoms with E-state index in [1.807, 2.05) is 0 Å². The second-order valence-corrected chi connectivity index (χ2v) is 3.27. The van der Waals surface area contributed by atoms with Gasteiger partial charge in [0, 0.05) is 12.4 Å². The van der Waals surface area contributed by atoms with Crippen LogP contribution in [0.4, 0.5) is 11.5 Å². The second kappa shape index (κ2) is 5.04. The number of nitrogen functional groups attached to an aromatic ring is 1. The number of pyridine rings is 2. The van der Waals surface area contributed by atoms with Crippen LogP contribution in [0.2, 0.25) is 0 Å². The van der Waals surface area contributed by atoms with E-state index in [0.717, 1.165) is 0 Å². The van der Waals surface area contributed by atoms with Gasteiger partial charge in [-0.15, -0.1) is 0 Å². The minimum atomic E-state index is -0.242. The van der Waals surface area contributed by atoms with E-state index < -0.39 is 0 Å². The zero-order valence-electron chi connectivity index (χ0n) is 8.92. The Bertz CT molecular complexity index is 497. The Morgan fingerprint density at radius 1 is 1.24 bits per heavy atom. The first-order chi connectivity index (χ1) is 8.29. The van der Waals surface area contributed by atoms with Gasteiger partial charge in [0.2, 0.25) is 0 Å². The Morgan fingerprint density at radius 2 is 2.12 bits per heavy atom. The predicted octanol–water partition coefficient (Wildman–Crippen LogP) is 1.01. The van der Waals surface area contributed by atoms with Crippen LogP contribution in [0.5, 0.6) is 0 Å². The molecular weight excluding hydrogens is 218 g/mol. The maximum atomic E-state index is 11.8. The lowest BCUT2D eigenvalue weighted by atomic mass is 10.2. The minimum absolute atomic E-state index is 0.242. The Kier molecular flexibility index (Phi) is 3.27. The fourth-order valence-corrected chi connectivity index (χ4v) is 1.25. The van der Waals surface area contributed by atoms with Crippen LogP contribution >= 0.6 is 0 Å². The molecule has 4 N–H and O–H groups in total. The molecule has 2 heterocycles. The summed E-state index contributed by atoms with van der Waals surface area (Å²) in [6.45, 7) is 0. The van der Waals surface area contributed by atoms with E-state index in [-0.39, 0.29) is 5.91 Å². The van der Waals surface area contributed by atoms with E-state index in [9.17, 15) is 4.79 Å². The molecule has 0 atom stereocenters. The summed E-state index contributed by atoms with van der Waals surface area (Å²) in [5, 5.41) is 2.70. The SMILES string of the molecule is NNc1ccc(C(=O)Nc2cccnc2)cn1.